The highest BCUT2D eigenvalue weighted by Crippen LogP contribution is 2.28. The third-order valence-electron chi connectivity index (χ3n) is 3.08. The lowest BCUT2D eigenvalue weighted by Crippen LogP contribution is -2.34. The average Bonchev–Trinajstić information content (AvgIpc) is 2.39. The summed E-state index contributed by atoms with van der Waals surface area (Å²) >= 11 is 0. The van der Waals surface area contributed by atoms with Gasteiger partial charge in [0.15, 0.2) is 0 Å². The van der Waals surface area contributed by atoms with E-state index in [-0.39, 0.29) is 6.04 Å². The summed E-state index contributed by atoms with van der Waals surface area (Å²) in [5.41, 5.74) is 7.13. The fourth-order valence-electron chi connectivity index (χ4n) is 2.24. The second-order valence-electron chi connectivity index (χ2n) is 4.12. The molecule has 0 bridgehead atoms. The molecule has 96 valence electrons. The number of ether oxygens (including phenoxy) is 1. The van der Waals surface area contributed by atoms with Gasteiger partial charge in [0.1, 0.15) is 5.75 Å². The van der Waals surface area contributed by atoms with E-state index in [0.717, 1.165) is 25.3 Å². The SMILES string of the molecule is CCCN(CC)C(CN)c1ccccc1OC. The molecule has 0 saturated carbocycles. The van der Waals surface area contributed by atoms with Crippen LogP contribution >= 0.6 is 0 Å². The lowest BCUT2D eigenvalue weighted by Gasteiger charge is -2.30. The number of hydrogen-bond acceptors (Lipinski definition) is 3. The fourth-order valence-corrected chi connectivity index (χ4v) is 2.24. The first-order valence-electron chi connectivity index (χ1n) is 6.35. The molecular weight excluding hydrogens is 212 g/mol. The van der Waals surface area contributed by atoms with E-state index in [1.54, 1.807) is 7.11 Å². The number of methoxy groups -OCH3 is 1. The number of hydrogen-bond donors (Lipinski definition) is 1. The third-order valence-corrected chi connectivity index (χ3v) is 3.08. The molecule has 0 heterocycles. The van der Waals surface area contributed by atoms with E-state index in [2.05, 4.69) is 24.8 Å². The third kappa shape index (κ3) is 3.45. The quantitative estimate of drug-likeness (QED) is 0.790. The maximum atomic E-state index is 5.94. The van der Waals surface area contributed by atoms with Crippen molar-refractivity contribution in [1.82, 2.24) is 4.90 Å². The number of nitrogens with zero attached hydrogens (tertiary/aromatic N) is 1. The minimum atomic E-state index is 0.246. The van der Waals surface area contributed by atoms with Crippen LogP contribution in [0.4, 0.5) is 0 Å². The summed E-state index contributed by atoms with van der Waals surface area (Å²) in [5.74, 6) is 0.928. The molecule has 0 radical (unpaired) electrons. The number of benzene rings is 1. The van der Waals surface area contributed by atoms with E-state index in [1.165, 1.54) is 5.56 Å². The van der Waals surface area contributed by atoms with Gasteiger partial charge in [0.05, 0.1) is 13.2 Å². The van der Waals surface area contributed by atoms with Crippen molar-refractivity contribution in [3.8, 4) is 5.75 Å². The molecular formula is C14H24N2O. The molecule has 1 unspecified atom stereocenters. The highest BCUT2D eigenvalue weighted by molar-refractivity contribution is 5.36. The zero-order valence-corrected chi connectivity index (χ0v) is 11.1. The Morgan fingerprint density at radius 2 is 2.00 bits per heavy atom. The van der Waals surface area contributed by atoms with E-state index in [9.17, 15) is 0 Å². The average molecular weight is 236 g/mol. The predicted molar refractivity (Wildman–Crippen MR) is 72.3 cm³/mol. The molecule has 17 heavy (non-hydrogen) atoms. The van der Waals surface area contributed by atoms with Gasteiger partial charge in [0, 0.05) is 12.1 Å². The summed E-state index contributed by atoms with van der Waals surface area (Å²) < 4.78 is 5.42. The fraction of sp³-hybridized carbons (Fsp3) is 0.571. The van der Waals surface area contributed by atoms with Crippen LogP contribution < -0.4 is 10.5 Å². The summed E-state index contributed by atoms with van der Waals surface area (Å²) in [5, 5.41) is 0. The van der Waals surface area contributed by atoms with E-state index >= 15 is 0 Å². The van der Waals surface area contributed by atoms with Gasteiger partial charge in [0.25, 0.3) is 0 Å². The summed E-state index contributed by atoms with van der Waals surface area (Å²) in [6, 6.07) is 8.38. The van der Waals surface area contributed by atoms with Crippen LogP contribution in [0.5, 0.6) is 5.75 Å². The minimum absolute atomic E-state index is 0.246. The number of nitrogens with two attached hydrogens (primary N) is 1. The van der Waals surface area contributed by atoms with Crippen molar-refractivity contribution in [3.05, 3.63) is 29.8 Å². The first kappa shape index (κ1) is 14.0. The van der Waals surface area contributed by atoms with Gasteiger partial charge >= 0.3 is 0 Å². The Morgan fingerprint density at radius 3 is 2.53 bits per heavy atom. The Balaban J connectivity index is 2.98. The predicted octanol–water partition coefficient (Wildman–Crippen LogP) is 2.43. The van der Waals surface area contributed by atoms with Crippen LogP contribution in [0.3, 0.4) is 0 Å². The van der Waals surface area contributed by atoms with Crippen LogP contribution in [0.2, 0.25) is 0 Å². The van der Waals surface area contributed by atoms with Crippen molar-refractivity contribution in [1.29, 1.82) is 0 Å². The van der Waals surface area contributed by atoms with Gasteiger partial charge in [-0.3, -0.25) is 4.90 Å². The maximum absolute atomic E-state index is 5.94. The molecule has 0 aromatic heterocycles. The molecule has 1 rings (SSSR count). The lowest BCUT2D eigenvalue weighted by atomic mass is 10.0. The number of rotatable bonds is 7. The summed E-state index contributed by atoms with van der Waals surface area (Å²) in [7, 11) is 1.71. The Bertz CT molecular complexity index is 328. The maximum Gasteiger partial charge on any atom is 0.123 e. The van der Waals surface area contributed by atoms with Crippen molar-refractivity contribution >= 4 is 0 Å². The van der Waals surface area contributed by atoms with Crippen molar-refractivity contribution in [2.24, 2.45) is 5.73 Å². The summed E-state index contributed by atoms with van der Waals surface area (Å²) in [6.45, 7) is 7.06. The second kappa shape index (κ2) is 7.30. The normalized spacial score (nSPS) is 12.8. The molecule has 0 aliphatic rings. The highest BCUT2D eigenvalue weighted by atomic mass is 16.5. The van der Waals surface area contributed by atoms with Crippen LogP contribution in [0.1, 0.15) is 31.9 Å². The lowest BCUT2D eigenvalue weighted by molar-refractivity contribution is 0.208. The van der Waals surface area contributed by atoms with Gasteiger partial charge < -0.3 is 10.5 Å². The topological polar surface area (TPSA) is 38.5 Å². The van der Waals surface area contributed by atoms with Gasteiger partial charge in [0.2, 0.25) is 0 Å². The number of likely N-dealkylation sites (N-methyl/N-ethyl adjacent to an activating group) is 1. The van der Waals surface area contributed by atoms with Gasteiger partial charge in [-0.1, -0.05) is 32.0 Å². The molecule has 3 heteroatoms. The molecule has 3 nitrogen and oxygen atoms in total. The highest BCUT2D eigenvalue weighted by Gasteiger charge is 2.19. The van der Waals surface area contributed by atoms with Crippen LogP contribution in [0.25, 0.3) is 0 Å². The molecule has 0 amide bonds. The Kier molecular flexibility index (Phi) is 6.01. The molecule has 1 aromatic carbocycles. The van der Waals surface area contributed by atoms with Crippen LogP contribution in [-0.2, 0) is 0 Å². The van der Waals surface area contributed by atoms with Gasteiger partial charge in [-0.2, -0.15) is 0 Å². The first-order valence-corrected chi connectivity index (χ1v) is 6.35. The van der Waals surface area contributed by atoms with E-state index in [1.807, 2.05) is 18.2 Å². The molecule has 0 aliphatic carbocycles. The number of para-hydroxylation sites is 1. The van der Waals surface area contributed by atoms with Crippen LogP contribution in [-0.4, -0.2) is 31.6 Å². The summed E-state index contributed by atoms with van der Waals surface area (Å²) in [6.07, 6.45) is 1.14. The van der Waals surface area contributed by atoms with Crippen molar-refractivity contribution in [2.45, 2.75) is 26.3 Å². The first-order chi connectivity index (χ1) is 8.28. The van der Waals surface area contributed by atoms with E-state index in [0.29, 0.717) is 6.54 Å². The molecule has 0 aliphatic heterocycles. The standard InChI is InChI=1S/C14H24N2O/c1-4-10-16(5-2)13(11-15)12-8-6-7-9-14(12)17-3/h6-9,13H,4-5,10-11,15H2,1-3H3. The molecule has 1 aromatic rings. The Labute approximate surface area is 105 Å². The summed E-state index contributed by atoms with van der Waals surface area (Å²) in [4.78, 5) is 2.40. The van der Waals surface area contributed by atoms with Crippen molar-refractivity contribution < 1.29 is 4.74 Å². The van der Waals surface area contributed by atoms with Crippen LogP contribution in [0, 0.1) is 0 Å². The van der Waals surface area contributed by atoms with Crippen LogP contribution in [0.15, 0.2) is 24.3 Å². The molecule has 0 fully saturated rings. The van der Waals surface area contributed by atoms with E-state index in [4.69, 9.17) is 10.5 Å². The minimum Gasteiger partial charge on any atom is -0.496 e. The Morgan fingerprint density at radius 1 is 1.29 bits per heavy atom. The zero-order chi connectivity index (χ0) is 12.7. The monoisotopic (exact) mass is 236 g/mol. The molecule has 1 atom stereocenters. The van der Waals surface area contributed by atoms with Gasteiger partial charge in [-0.15, -0.1) is 0 Å². The largest absolute Gasteiger partial charge is 0.496 e. The zero-order valence-electron chi connectivity index (χ0n) is 11.1. The van der Waals surface area contributed by atoms with Crippen molar-refractivity contribution in [3.63, 3.8) is 0 Å². The van der Waals surface area contributed by atoms with Crippen molar-refractivity contribution in [2.75, 3.05) is 26.7 Å². The smallest absolute Gasteiger partial charge is 0.123 e. The van der Waals surface area contributed by atoms with Gasteiger partial charge in [-0.05, 0) is 25.6 Å². The van der Waals surface area contributed by atoms with Gasteiger partial charge in [-0.25, -0.2) is 0 Å². The molecule has 0 spiro atoms. The van der Waals surface area contributed by atoms with E-state index < -0.39 is 0 Å². The second-order valence-corrected chi connectivity index (χ2v) is 4.12. The molecule has 2 N–H and O–H groups in total. The Hall–Kier alpha value is -1.06. The molecule has 0 saturated heterocycles.